The maximum absolute atomic E-state index is 6.09. The number of unbranched alkanes of at least 4 members (excludes halogenated alkanes) is 5. The molecule has 0 aromatic heterocycles. The molecule has 3 rings (SSSR count). The Balaban J connectivity index is 1.46. The summed E-state index contributed by atoms with van der Waals surface area (Å²) in [4.78, 5) is 0. The Bertz CT molecular complexity index is 897. The third-order valence-corrected chi connectivity index (χ3v) is 5.79. The topological polar surface area (TPSA) is 18.5 Å². The van der Waals surface area contributed by atoms with E-state index in [1.807, 2.05) is 6.07 Å². The maximum Gasteiger partial charge on any atom is 0.122 e. The molecule has 2 nitrogen and oxygen atoms in total. The molecule has 0 fully saturated rings. The molecule has 0 aliphatic carbocycles. The molecule has 0 N–H and O–H groups in total. The van der Waals surface area contributed by atoms with Gasteiger partial charge >= 0.3 is 0 Å². The summed E-state index contributed by atoms with van der Waals surface area (Å²) in [6, 6.07) is 25.4. The van der Waals surface area contributed by atoms with Gasteiger partial charge in [-0.1, -0.05) is 107 Å². The summed E-state index contributed by atoms with van der Waals surface area (Å²) in [5.74, 6) is 1.95. The molecule has 0 unspecified atom stereocenters. The van der Waals surface area contributed by atoms with Crippen molar-refractivity contribution in [1.29, 1.82) is 0 Å². The fraction of sp³-hybridized carbons (Fsp3) is 0.400. The van der Waals surface area contributed by atoms with Crippen molar-refractivity contribution in [1.82, 2.24) is 0 Å². The largest absolute Gasteiger partial charge is 0.494 e. The van der Waals surface area contributed by atoms with Crippen molar-refractivity contribution in [3.05, 3.63) is 83.9 Å². The van der Waals surface area contributed by atoms with Crippen LogP contribution >= 0.6 is 0 Å². The van der Waals surface area contributed by atoms with E-state index in [4.69, 9.17) is 9.47 Å². The van der Waals surface area contributed by atoms with Gasteiger partial charge in [0.15, 0.2) is 0 Å². The average Bonchev–Trinajstić information content (AvgIpc) is 2.84. The van der Waals surface area contributed by atoms with Gasteiger partial charge in [0.25, 0.3) is 0 Å². The Morgan fingerprint density at radius 1 is 0.594 bits per heavy atom. The number of hydrogen-bond acceptors (Lipinski definition) is 2. The minimum Gasteiger partial charge on any atom is -0.494 e. The summed E-state index contributed by atoms with van der Waals surface area (Å²) in [5, 5.41) is 0. The van der Waals surface area contributed by atoms with Gasteiger partial charge in [-0.15, -0.1) is 0 Å². The number of ether oxygens (including phenoxy) is 2. The predicted molar refractivity (Wildman–Crippen MR) is 136 cm³/mol. The van der Waals surface area contributed by atoms with Gasteiger partial charge in [-0.3, -0.25) is 0 Å². The van der Waals surface area contributed by atoms with Crippen LogP contribution in [0, 0.1) is 0 Å². The molecule has 0 saturated carbocycles. The van der Waals surface area contributed by atoms with E-state index >= 15 is 0 Å². The summed E-state index contributed by atoms with van der Waals surface area (Å²) in [7, 11) is 0. The normalized spacial score (nSPS) is 10.8. The first-order valence-electron chi connectivity index (χ1n) is 12.3. The molecule has 0 heterocycles. The third-order valence-electron chi connectivity index (χ3n) is 5.79. The van der Waals surface area contributed by atoms with Crippen LogP contribution in [0.4, 0.5) is 0 Å². The van der Waals surface area contributed by atoms with Crippen LogP contribution in [0.5, 0.6) is 11.5 Å². The first kappa shape index (κ1) is 23.9. The van der Waals surface area contributed by atoms with Crippen molar-refractivity contribution < 1.29 is 9.47 Å². The Hall–Kier alpha value is -2.74. The minimum absolute atomic E-state index is 0.590. The predicted octanol–water partition coefficient (Wildman–Crippen LogP) is 8.62. The van der Waals surface area contributed by atoms with E-state index < -0.39 is 0 Å². The van der Waals surface area contributed by atoms with Gasteiger partial charge < -0.3 is 9.47 Å². The smallest absolute Gasteiger partial charge is 0.122 e. The van der Waals surface area contributed by atoms with Crippen LogP contribution in [-0.4, -0.2) is 6.61 Å². The van der Waals surface area contributed by atoms with Crippen molar-refractivity contribution in [2.75, 3.05) is 6.61 Å². The molecule has 0 amide bonds. The van der Waals surface area contributed by atoms with Crippen LogP contribution in [0.2, 0.25) is 0 Å². The van der Waals surface area contributed by atoms with Crippen molar-refractivity contribution in [3.8, 4) is 22.6 Å². The van der Waals surface area contributed by atoms with Crippen LogP contribution in [0.25, 0.3) is 11.1 Å². The molecule has 0 aliphatic heterocycles. The van der Waals surface area contributed by atoms with Crippen molar-refractivity contribution in [2.45, 2.75) is 71.8 Å². The second-order valence-corrected chi connectivity index (χ2v) is 8.48. The average molecular weight is 431 g/mol. The van der Waals surface area contributed by atoms with Gasteiger partial charge in [0, 0.05) is 0 Å². The number of hydrogen-bond donors (Lipinski definition) is 0. The van der Waals surface area contributed by atoms with Crippen LogP contribution in [-0.2, 0) is 13.0 Å². The van der Waals surface area contributed by atoms with Gasteiger partial charge in [-0.25, -0.2) is 0 Å². The molecule has 0 aliphatic rings. The molecule has 0 radical (unpaired) electrons. The van der Waals surface area contributed by atoms with E-state index in [2.05, 4.69) is 80.6 Å². The highest BCUT2D eigenvalue weighted by Gasteiger charge is 2.04. The number of aryl methyl sites for hydroxylation is 1. The monoisotopic (exact) mass is 430 g/mol. The number of benzene rings is 3. The highest BCUT2D eigenvalue weighted by Crippen LogP contribution is 2.24. The summed E-state index contributed by atoms with van der Waals surface area (Å²) >= 11 is 0. The molecule has 0 atom stereocenters. The Kier molecular flexibility index (Phi) is 10.2. The number of rotatable bonds is 14. The van der Waals surface area contributed by atoms with E-state index in [0.717, 1.165) is 37.4 Å². The quantitative estimate of drug-likeness (QED) is 0.238. The Morgan fingerprint density at radius 3 is 1.97 bits per heavy atom. The lowest BCUT2D eigenvalue weighted by atomic mass is 10.0. The fourth-order valence-corrected chi connectivity index (χ4v) is 3.89. The molecule has 3 aromatic carbocycles. The van der Waals surface area contributed by atoms with Crippen molar-refractivity contribution in [3.63, 3.8) is 0 Å². The molecular formula is C30H38O2. The van der Waals surface area contributed by atoms with Gasteiger partial charge in [0.1, 0.15) is 18.1 Å². The molecule has 170 valence electrons. The zero-order valence-electron chi connectivity index (χ0n) is 19.8. The summed E-state index contributed by atoms with van der Waals surface area (Å²) < 4.78 is 12.0. The van der Waals surface area contributed by atoms with Crippen LogP contribution in [0.3, 0.4) is 0 Å². The molecule has 0 saturated heterocycles. The van der Waals surface area contributed by atoms with Gasteiger partial charge in [0.05, 0.1) is 6.61 Å². The van der Waals surface area contributed by atoms with Gasteiger partial charge in [-0.2, -0.15) is 0 Å². The molecule has 0 spiro atoms. The van der Waals surface area contributed by atoms with Gasteiger partial charge in [0.2, 0.25) is 0 Å². The summed E-state index contributed by atoms with van der Waals surface area (Å²) in [6.07, 6.45) is 9.89. The molecule has 2 heteroatoms. The van der Waals surface area contributed by atoms with Crippen LogP contribution in [0.15, 0.2) is 72.8 Å². The first-order valence-corrected chi connectivity index (χ1v) is 12.3. The molecule has 0 bridgehead atoms. The first-order chi connectivity index (χ1) is 15.8. The molecular weight excluding hydrogens is 392 g/mol. The lowest BCUT2D eigenvalue weighted by Crippen LogP contribution is -1.98. The number of para-hydroxylation sites is 1. The van der Waals surface area contributed by atoms with Crippen LogP contribution in [0.1, 0.15) is 69.9 Å². The fourth-order valence-electron chi connectivity index (χ4n) is 3.89. The van der Waals surface area contributed by atoms with E-state index in [1.165, 1.54) is 54.4 Å². The minimum atomic E-state index is 0.590. The van der Waals surface area contributed by atoms with Gasteiger partial charge in [-0.05, 0) is 53.3 Å². The summed E-state index contributed by atoms with van der Waals surface area (Å²) in [6.45, 7) is 5.85. The highest BCUT2D eigenvalue weighted by molar-refractivity contribution is 5.64. The second-order valence-electron chi connectivity index (χ2n) is 8.48. The lowest BCUT2D eigenvalue weighted by molar-refractivity contribution is 0.303. The highest BCUT2D eigenvalue weighted by atomic mass is 16.5. The standard InChI is InChI=1S/C30H38O2/c1-3-5-6-7-8-11-23-31-29-21-19-27(20-22-29)26-17-15-25(16-18-26)24-32-30-14-10-9-13-28(30)12-4-2/h9-10,13-22H,3-8,11-12,23-24H2,1-2H3. The van der Waals surface area contributed by atoms with Crippen molar-refractivity contribution >= 4 is 0 Å². The third kappa shape index (κ3) is 7.75. The van der Waals surface area contributed by atoms with E-state index in [0.29, 0.717) is 6.61 Å². The zero-order chi connectivity index (χ0) is 22.4. The second kappa shape index (κ2) is 13.6. The maximum atomic E-state index is 6.09. The molecule has 3 aromatic rings. The van der Waals surface area contributed by atoms with Crippen LogP contribution < -0.4 is 9.47 Å². The lowest BCUT2D eigenvalue weighted by Gasteiger charge is -2.11. The zero-order valence-corrected chi connectivity index (χ0v) is 19.8. The molecule has 32 heavy (non-hydrogen) atoms. The SMILES string of the molecule is CCCCCCCCOc1ccc(-c2ccc(COc3ccccc3CCC)cc2)cc1. The van der Waals surface area contributed by atoms with E-state index in [1.54, 1.807) is 0 Å². The summed E-state index contributed by atoms with van der Waals surface area (Å²) in [5.41, 5.74) is 4.88. The van der Waals surface area contributed by atoms with Crippen molar-refractivity contribution in [2.24, 2.45) is 0 Å². The Morgan fingerprint density at radius 2 is 1.25 bits per heavy atom. The van der Waals surface area contributed by atoms with E-state index in [-0.39, 0.29) is 0 Å². The Labute approximate surface area is 194 Å². The van der Waals surface area contributed by atoms with E-state index in [9.17, 15) is 0 Å².